The van der Waals surface area contributed by atoms with Gasteiger partial charge in [-0.3, -0.25) is 0 Å². The van der Waals surface area contributed by atoms with Gasteiger partial charge in [0.05, 0.1) is 21.8 Å². The summed E-state index contributed by atoms with van der Waals surface area (Å²) in [6.07, 6.45) is 1.06. The van der Waals surface area contributed by atoms with Crippen LogP contribution in [0.5, 0.6) is 0 Å². The van der Waals surface area contributed by atoms with Crippen LogP contribution in [0.4, 0.5) is 10.1 Å². The third-order valence-corrected chi connectivity index (χ3v) is 3.13. The number of anilines is 1. The van der Waals surface area contributed by atoms with E-state index in [1.165, 1.54) is 12.1 Å². The molecule has 0 aliphatic carbocycles. The van der Waals surface area contributed by atoms with Gasteiger partial charge < -0.3 is 10.4 Å². The van der Waals surface area contributed by atoms with Crippen LogP contribution >= 0.6 is 15.9 Å². The predicted octanol–water partition coefficient (Wildman–Crippen LogP) is 3.03. The summed E-state index contributed by atoms with van der Waals surface area (Å²) in [6, 6.07) is 4.91. The average Bonchev–Trinajstić information content (AvgIpc) is 2.31. The summed E-state index contributed by atoms with van der Waals surface area (Å²) in [5.41, 5.74) is 0.535. The summed E-state index contributed by atoms with van der Waals surface area (Å²) in [5.74, 6) is -0.507. The minimum Gasteiger partial charge on any atom is -0.391 e. The molecule has 0 aliphatic heterocycles. The highest BCUT2D eigenvalue weighted by Gasteiger charge is 2.11. The zero-order chi connectivity index (χ0) is 12.8. The van der Waals surface area contributed by atoms with Crippen molar-refractivity contribution in [3.05, 3.63) is 28.0 Å². The van der Waals surface area contributed by atoms with Gasteiger partial charge in [-0.25, -0.2) is 4.39 Å². The first-order valence-corrected chi connectivity index (χ1v) is 6.19. The molecule has 5 heteroatoms. The Bertz CT molecular complexity index is 431. The topological polar surface area (TPSA) is 56.0 Å². The van der Waals surface area contributed by atoms with Crippen LogP contribution in [0.2, 0.25) is 0 Å². The molecule has 0 fully saturated rings. The molecular formula is C12H14BrFN2O. The van der Waals surface area contributed by atoms with Crippen molar-refractivity contribution in [2.24, 2.45) is 0 Å². The Balaban J connectivity index is 2.73. The fourth-order valence-electron chi connectivity index (χ4n) is 1.44. The van der Waals surface area contributed by atoms with Crippen molar-refractivity contribution in [1.29, 1.82) is 5.26 Å². The molecule has 1 unspecified atom stereocenters. The van der Waals surface area contributed by atoms with Crippen molar-refractivity contribution in [1.82, 2.24) is 0 Å². The van der Waals surface area contributed by atoms with Crippen LogP contribution in [0.3, 0.4) is 0 Å². The standard InChI is InChI=1S/C12H14BrFN2O/c1-2-3-9(17)7-16-10-5-4-8(6-15)11(13)12(10)14/h4-5,9,16-17H,2-3,7H2,1H3. The van der Waals surface area contributed by atoms with E-state index in [9.17, 15) is 9.50 Å². The summed E-state index contributed by atoms with van der Waals surface area (Å²) < 4.78 is 13.9. The molecule has 0 aromatic heterocycles. The summed E-state index contributed by atoms with van der Waals surface area (Å²) in [6.45, 7) is 2.27. The molecular weight excluding hydrogens is 287 g/mol. The molecule has 0 amide bonds. The van der Waals surface area contributed by atoms with Gasteiger partial charge in [0.2, 0.25) is 0 Å². The maximum atomic E-state index is 13.7. The van der Waals surface area contributed by atoms with Crippen LogP contribution in [-0.2, 0) is 0 Å². The van der Waals surface area contributed by atoms with Gasteiger partial charge in [0, 0.05) is 6.54 Å². The zero-order valence-corrected chi connectivity index (χ0v) is 11.1. The fraction of sp³-hybridized carbons (Fsp3) is 0.417. The third kappa shape index (κ3) is 3.69. The van der Waals surface area contributed by atoms with Crippen LogP contribution in [0, 0.1) is 17.1 Å². The van der Waals surface area contributed by atoms with E-state index in [0.29, 0.717) is 13.0 Å². The lowest BCUT2D eigenvalue weighted by Gasteiger charge is -2.13. The van der Waals surface area contributed by atoms with Crippen LogP contribution < -0.4 is 5.32 Å². The second kappa shape index (κ2) is 6.58. The number of aliphatic hydroxyl groups excluding tert-OH is 1. The van der Waals surface area contributed by atoms with Crippen LogP contribution in [0.1, 0.15) is 25.3 Å². The Kier molecular flexibility index (Phi) is 5.39. The molecule has 0 bridgehead atoms. The molecule has 0 heterocycles. The number of hydrogen-bond acceptors (Lipinski definition) is 3. The molecule has 0 radical (unpaired) electrons. The minimum atomic E-state index is -0.507. The first-order chi connectivity index (χ1) is 8.10. The van der Waals surface area contributed by atoms with Crippen LogP contribution in [-0.4, -0.2) is 17.8 Å². The molecule has 0 spiro atoms. The Labute approximate surface area is 108 Å². The number of aliphatic hydroxyl groups is 1. The lowest BCUT2D eigenvalue weighted by molar-refractivity contribution is 0.176. The smallest absolute Gasteiger partial charge is 0.161 e. The van der Waals surface area contributed by atoms with Crippen molar-refractivity contribution in [2.45, 2.75) is 25.9 Å². The van der Waals surface area contributed by atoms with Crippen molar-refractivity contribution in [2.75, 3.05) is 11.9 Å². The number of halogens is 2. The number of nitrogens with one attached hydrogen (secondary N) is 1. The third-order valence-electron chi connectivity index (χ3n) is 2.35. The molecule has 0 saturated carbocycles. The number of nitriles is 1. The zero-order valence-electron chi connectivity index (χ0n) is 9.50. The lowest BCUT2D eigenvalue weighted by Crippen LogP contribution is -2.19. The van der Waals surface area contributed by atoms with Gasteiger partial charge in [-0.05, 0) is 34.5 Å². The van der Waals surface area contributed by atoms with E-state index in [1.807, 2.05) is 13.0 Å². The molecule has 0 saturated heterocycles. The van der Waals surface area contributed by atoms with Gasteiger partial charge in [-0.2, -0.15) is 5.26 Å². The van der Waals surface area contributed by atoms with E-state index >= 15 is 0 Å². The molecule has 92 valence electrons. The largest absolute Gasteiger partial charge is 0.391 e. The van der Waals surface area contributed by atoms with Crippen molar-refractivity contribution in [3.63, 3.8) is 0 Å². The highest BCUT2D eigenvalue weighted by Crippen LogP contribution is 2.26. The van der Waals surface area contributed by atoms with Gasteiger partial charge in [-0.15, -0.1) is 0 Å². The molecule has 1 aromatic carbocycles. The van der Waals surface area contributed by atoms with E-state index in [2.05, 4.69) is 21.2 Å². The van der Waals surface area contributed by atoms with E-state index in [4.69, 9.17) is 5.26 Å². The lowest BCUT2D eigenvalue weighted by atomic mass is 10.2. The SMILES string of the molecule is CCCC(O)CNc1ccc(C#N)c(Br)c1F. The maximum Gasteiger partial charge on any atom is 0.161 e. The average molecular weight is 301 g/mol. The fourth-order valence-corrected chi connectivity index (χ4v) is 1.87. The number of benzene rings is 1. The van der Waals surface area contributed by atoms with E-state index in [-0.39, 0.29) is 15.7 Å². The number of hydrogen-bond donors (Lipinski definition) is 2. The number of nitrogens with zero attached hydrogens (tertiary/aromatic N) is 1. The molecule has 0 aliphatic rings. The van der Waals surface area contributed by atoms with Gasteiger partial charge in [0.25, 0.3) is 0 Å². The summed E-state index contributed by atoms with van der Waals surface area (Å²) in [5, 5.41) is 21.1. The maximum absolute atomic E-state index is 13.7. The summed E-state index contributed by atoms with van der Waals surface area (Å²) in [7, 11) is 0. The van der Waals surface area contributed by atoms with E-state index < -0.39 is 11.9 Å². The summed E-state index contributed by atoms with van der Waals surface area (Å²) in [4.78, 5) is 0. The monoisotopic (exact) mass is 300 g/mol. The molecule has 3 nitrogen and oxygen atoms in total. The van der Waals surface area contributed by atoms with Gasteiger partial charge >= 0.3 is 0 Å². The van der Waals surface area contributed by atoms with Crippen molar-refractivity contribution in [3.8, 4) is 6.07 Å². The van der Waals surface area contributed by atoms with Crippen LogP contribution in [0.25, 0.3) is 0 Å². The highest BCUT2D eigenvalue weighted by molar-refractivity contribution is 9.10. The molecule has 2 N–H and O–H groups in total. The molecule has 1 atom stereocenters. The van der Waals surface area contributed by atoms with Gasteiger partial charge in [-0.1, -0.05) is 13.3 Å². The Hall–Kier alpha value is -1.12. The quantitative estimate of drug-likeness (QED) is 0.879. The van der Waals surface area contributed by atoms with Crippen molar-refractivity contribution < 1.29 is 9.50 Å². The first-order valence-electron chi connectivity index (χ1n) is 5.40. The first kappa shape index (κ1) is 13.9. The molecule has 1 aromatic rings. The Morgan fingerprint density at radius 2 is 2.29 bits per heavy atom. The van der Waals surface area contributed by atoms with Gasteiger partial charge in [0.15, 0.2) is 5.82 Å². The van der Waals surface area contributed by atoms with Gasteiger partial charge in [0.1, 0.15) is 6.07 Å². The predicted molar refractivity (Wildman–Crippen MR) is 68.2 cm³/mol. The molecule has 1 rings (SSSR count). The normalized spacial score (nSPS) is 11.9. The second-order valence-corrected chi connectivity index (χ2v) is 4.52. The Morgan fingerprint density at radius 3 is 2.88 bits per heavy atom. The van der Waals surface area contributed by atoms with Crippen molar-refractivity contribution >= 4 is 21.6 Å². The van der Waals surface area contributed by atoms with E-state index in [0.717, 1.165) is 6.42 Å². The van der Waals surface area contributed by atoms with E-state index in [1.54, 1.807) is 0 Å². The minimum absolute atomic E-state index is 0.148. The number of rotatable bonds is 5. The molecule has 17 heavy (non-hydrogen) atoms. The second-order valence-electron chi connectivity index (χ2n) is 3.72. The Morgan fingerprint density at radius 1 is 1.59 bits per heavy atom. The summed E-state index contributed by atoms with van der Waals surface area (Å²) >= 11 is 3.03. The highest BCUT2D eigenvalue weighted by atomic mass is 79.9. The van der Waals surface area contributed by atoms with Crippen LogP contribution in [0.15, 0.2) is 16.6 Å².